The van der Waals surface area contributed by atoms with Crippen molar-refractivity contribution in [3.63, 3.8) is 0 Å². The summed E-state index contributed by atoms with van der Waals surface area (Å²) in [6.07, 6.45) is -1.31. The van der Waals surface area contributed by atoms with E-state index in [-0.39, 0.29) is 36.1 Å². The number of guanidine groups is 1. The number of likely N-dealkylation sites (tertiary alicyclic amines) is 1. The minimum atomic E-state index is -4.14. The fourth-order valence-corrected chi connectivity index (χ4v) is 2.54. The van der Waals surface area contributed by atoms with Crippen LogP contribution < -0.4 is 10.6 Å². The molecule has 1 fully saturated rings. The van der Waals surface area contributed by atoms with Crippen molar-refractivity contribution < 1.29 is 13.2 Å². The van der Waals surface area contributed by atoms with Gasteiger partial charge >= 0.3 is 6.18 Å². The maximum absolute atomic E-state index is 12.2. The van der Waals surface area contributed by atoms with Crippen molar-refractivity contribution >= 4 is 29.9 Å². The van der Waals surface area contributed by atoms with Crippen LogP contribution >= 0.6 is 24.0 Å². The number of halogens is 4. The fourth-order valence-electron chi connectivity index (χ4n) is 2.54. The zero-order valence-corrected chi connectivity index (χ0v) is 16.6. The van der Waals surface area contributed by atoms with Crippen molar-refractivity contribution in [3.8, 4) is 0 Å². The molecule has 0 saturated carbocycles. The molecule has 4 nitrogen and oxygen atoms in total. The average Bonchev–Trinajstić information content (AvgIpc) is 2.44. The monoisotopic (exact) mass is 450 g/mol. The van der Waals surface area contributed by atoms with Crippen molar-refractivity contribution in [1.29, 1.82) is 0 Å². The molecule has 1 aliphatic heterocycles. The van der Waals surface area contributed by atoms with Gasteiger partial charge in [0.15, 0.2) is 5.96 Å². The van der Waals surface area contributed by atoms with Gasteiger partial charge in [0.05, 0.1) is 13.0 Å². The van der Waals surface area contributed by atoms with Crippen LogP contribution in [0.25, 0.3) is 0 Å². The summed E-state index contributed by atoms with van der Waals surface area (Å²) in [5.74, 6) is 0.455. The summed E-state index contributed by atoms with van der Waals surface area (Å²) >= 11 is 0. The van der Waals surface area contributed by atoms with Crippen LogP contribution in [0.3, 0.4) is 0 Å². The van der Waals surface area contributed by atoms with Crippen LogP contribution in [0.2, 0.25) is 0 Å². The molecule has 23 heavy (non-hydrogen) atoms. The van der Waals surface area contributed by atoms with Crippen molar-refractivity contribution in [1.82, 2.24) is 15.5 Å². The molecule has 0 aromatic rings. The van der Waals surface area contributed by atoms with Crippen LogP contribution in [0, 0.1) is 0 Å². The number of hydrogen-bond acceptors (Lipinski definition) is 2. The Bertz CT molecular complexity index is 353. The van der Waals surface area contributed by atoms with Gasteiger partial charge in [-0.2, -0.15) is 13.2 Å². The molecule has 1 aliphatic rings. The van der Waals surface area contributed by atoms with E-state index in [4.69, 9.17) is 0 Å². The Labute approximate surface area is 154 Å². The Balaban J connectivity index is 0.00000484. The van der Waals surface area contributed by atoms with Crippen LogP contribution in [-0.2, 0) is 0 Å². The molecule has 1 rings (SSSR count). The second-order valence-corrected chi connectivity index (χ2v) is 6.35. The molecule has 1 saturated heterocycles. The molecule has 8 heteroatoms. The predicted octanol–water partition coefficient (Wildman–Crippen LogP) is 3.38. The highest BCUT2D eigenvalue weighted by molar-refractivity contribution is 14.0. The minimum Gasteiger partial charge on any atom is -0.357 e. The first-order valence-corrected chi connectivity index (χ1v) is 8.08. The summed E-state index contributed by atoms with van der Waals surface area (Å²) in [5, 5.41) is 5.75. The first kappa shape index (κ1) is 22.8. The second-order valence-electron chi connectivity index (χ2n) is 6.35. The molecule has 0 bridgehead atoms. The SMILES string of the molecule is CCNC(=NCC(C)(C)N1CCCCC1)NCCC(F)(F)F.I. The van der Waals surface area contributed by atoms with E-state index in [1.807, 2.05) is 6.92 Å². The molecule has 2 N–H and O–H groups in total. The Morgan fingerprint density at radius 2 is 1.70 bits per heavy atom. The van der Waals surface area contributed by atoms with Crippen molar-refractivity contribution in [2.24, 2.45) is 4.99 Å². The number of hydrogen-bond donors (Lipinski definition) is 2. The Kier molecular flexibility index (Phi) is 10.5. The third-order valence-electron chi connectivity index (χ3n) is 3.88. The first-order valence-electron chi connectivity index (χ1n) is 8.08. The van der Waals surface area contributed by atoms with Gasteiger partial charge in [-0.1, -0.05) is 6.42 Å². The lowest BCUT2D eigenvalue weighted by Crippen LogP contribution is -2.49. The quantitative estimate of drug-likeness (QED) is 0.371. The van der Waals surface area contributed by atoms with E-state index in [1.165, 1.54) is 19.3 Å². The number of nitrogens with zero attached hydrogens (tertiary/aromatic N) is 2. The molecular formula is C15H30F3IN4. The molecule has 0 amide bonds. The average molecular weight is 450 g/mol. The molecule has 0 aromatic carbocycles. The van der Waals surface area contributed by atoms with Gasteiger partial charge in [-0.05, 0) is 46.7 Å². The molecule has 138 valence electrons. The van der Waals surface area contributed by atoms with Crippen LogP contribution in [0.15, 0.2) is 4.99 Å². The largest absolute Gasteiger partial charge is 0.390 e. The van der Waals surface area contributed by atoms with E-state index < -0.39 is 12.6 Å². The molecule has 0 aromatic heterocycles. The third-order valence-corrected chi connectivity index (χ3v) is 3.88. The van der Waals surface area contributed by atoms with E-state index in [2.05, 4.69) is 34.4 Å². The number of nitrogens with one attached hydrogen (secondary N) is 2. The second kappa shape index (κ2) is 10.6. The number of piperidine rings is 1. The predicted molar refractivity (Wildman–Crippen MR) is 99.6 cm³/mol. The highest BCUT2D eigenvalue weighted by Gasteiger charge is 2.28. The van der Waals surface area contributed by atoms with Gasteiger partial charge in [0.25, 0.3) is 0 Å². The zero-order valence-electron chi connectivity index (χ0n) is 14.3. The minimum absolute atomic E-state index is 0. The van der Waals surface area contributed by atoms with E-state index in [9.17, 15) is 13.2 Å². The first-order chi connectivity index (χ1) is 10.2. The lowest BCUT2D eigenvalue weighted by molar-refractivity contribution is -0.132. The summed E-state index contributed by atoms with van der Waals surface area (Å²) in [7, 11) is 0. The zero-order chi connectivity index (χ0) is 16.6. The Morgan fingerprint density at radius 1 is 1.09 bits per heavy atom. The van der Waals surface area contributed by atoms with E-state index in [0.29, 0.717) is 19.0 Å². The van der Waals surface area contributed by atoms with Gasteiger partial charge in [-0.25, -0.2) is 0 Å². The van der Waals surface area contributed by atoms with Gasteiger partial charge in [0.1, 0.15) is 0 Å². The van der Waals surface area contributed by atoms with Crippen LogP contribution in [-0.4, -0.2) is 55.3 Å². The normalized spacial score (nSPS) is 17.6. The molecular weight excluding hydrogens is 420 g/mol. The van der Waals surface area contributed by atoms with Gasteiger partial charge in [-0.15, -0.1) is 24.0 Å². The lowest BCUT2D eigenvalue weighted by atomic mass is 9.99. The summed E-state index contributed by atoms with van der Waals surface area (Å²) in [5.41, 5.74) is -0.0766. The van der Waals surface area contributed by atoms with E-state index in [0.717, 1.165) is 13.1 Å². The standard InChI is InChI=1S/C15H29F3N4.HI/c1-4-19-13(20-9-8-15(16,17)18)21-12-14(2,3)22-10-6-5-7-11-22;/h4-12H2,1-3H3,(H2,19,20,21);1H. The lowest BCUT2D eigenvalue weighted by Gasteiger charge is -2.40. The fraction of sp³-hybridized carbons (Fsp3) is 0.933. The Hall–Kier alpha value is -0.250. The van der Waals surface area contributed by atoms with Crippen LogP contribution in [0.5, 0.6) is 0 Å². The van der Waals surface area contributed by atoms with E-state index in [1.54, 1.807) is 0 Å². The third kappa shape index (κ3) is 9.59. The molecule has 0 aliphatic carbocycles. The van der Waals surface area contributed by atoms with Crippen LogP contribution in [0.4, 0.5) is 13.2 Å². The smallest absolute Gasteiger partial charge is 0.357 e. The molecule has 0 spiro atoms. The highest BCUT2D eigenvalue weighted by atomic mass is 127. The highest BCUT2D eigenvalue weighted by Crippen LogP contribution is 2.21. The number of rotatable bonds is 6. The van der Waals surface area contributed by atoms with E-state index >= 15 is 0 Å². The van der Waals surface area contributed by atoms with Gasteiger partial charge in [0.2, 0.25) is 0 Å². The molecule has 0 atom stereocenters. The molecule has 1 heterocycles. The number of alkyl halides is 3. The van der Waals surface area contributed by atoms with Gasteiger partial charge < -0.3 is 10.6 Å². The number of aliphatic imine (C=N–C) groups is 1. The van der Waals surface area contributed by atoms with Crippen molar-refractivity contribution in [3.05, 3.63) is 0 Å². The molecule has 0 radical (unpaired) electrons. The summed E-state index contributed by atoms with van der Waals surface area (Å²) in [4.78, 5) is 6.88. The maximum atomic E-state index is 12.2. The van der Waals surface area contributed by atoms with Gasteiger partial charge in [0, 0.05) is 18.6 Å². The summed E-state index contributed by atoms with van der Waals surface area (Å²) in [6.45, 7) is 9.36. The summed E-state index contributed by atoms with van der Waals surface area (Å²) < 4.78 is 36.6. The van der Waals surface area contributed by atoms with Gasteiger partial charge in [-0.3, -0.25) is 9.89 Å². The van der Waals surface area contributed by atoms with Crippen molar-refractivity contribution in [2.45, 2.75) is 58.2 Å². The maximum Gasteiger partial charge on any atom is 0.390 e. The topological polar surface area (TPSA) is 39.7 Å². The van der Waals surface area contributed by atoms with Crippen LogP contribution in [0.1, 0.15) is 46.5 Å². The molecule has 0 unspecified atom stereocenters. The summed E-state index contributed by atoms with van der Waals surface area (Å²) in [6, 6.07) is 0. The Morgan fingerprint density at radius 3 is 2.22 bits per heavy atom. The van der Waals surface area contributed by atoms with Crippen molar-refractivity contribution in [2.75, 3.05) is 32.7 Å².